The lowest BCUT2D eigenvalue weighted by molar-refractivity contribution is -0.148. The van der Waals surface area contributed by atoms with Crippen LogP contribution in [-0.4, -0.2) is 66.4 Å². The fraction of sp³-hybridized carbons (Fsp3) is 0.423. The third kappa shape index (κ3) is 4.77. The number of nitrogens with zero attached hydrogens (tertiary/aromatic N) is 1. The van der Waals surface area contributed by atoms with E-state index in [1.54, 1.807) is 0 Å². The van der Waals surface area contributed by atoms with E-state index < -0.39 is 24.1 Å². The molecule has 2 aromatic rings. The molecule has 2 aliphatic rings. The summed E-state index contributed by atoms with van der Waals surface area (Å²) in [5.74, 6) is -1.42. The topological polar surface area (TPSA) is 105 Å². The second kappa shape index (κ2) is 10.3. The molecule has 180 valence electrons. The van der Waals surface area contributed by atoms with Crippen molar-refractivity contribution in [1.29, 1.82) is 0 Å². The van der Waals surface area contributed by atoms with Gasteiger partial charge in [0.1, 0.15) is 12.6 Å². The summed E-state index contributed by atoms with van der Waals surface area (Å²) in [7, 11) is 1.51. The first-order valence-corrected chi connectivity index (χ1v) is 11.6. The molecule has 0 saturated carbocycles. The van der Waals surface area contributed by atoms with Gasteiger partial charge in [-0.1, -0.05) is 55.5 Å². The molecule has 0 aromatic heterocycles. The molecule has 1 aliphatic heterocycles. The van der Waals surface area contributed by atoms with Gasteiger partial charge >= 0.3 is 12.1 Å². The van der Waals surface area contributed by atoms with Crippen molar-refractivity contribution in [2.45, 2.75) is 50.3 Å². The van der Waals surface area contributed by atoms with Gasteiger partial charge in [0, 0.05) is 38.5 Å². The minimum Gasteiger partial charge on any atom is -0.480 e. The van der Waals surface area contributed by atoms with Crippen LogP contribution in [0.3, 0.4) is 0 Å². The predicted octanol–water partition coefficient (Wildman–Crippen LogP) is 3.39. The van der Waals surface area contributed by atoms with Gasteiger partial charge in [0.2, 0.25) is 5.91 Å². The van der Waals surface area contributed by atoms with E-state index >= 15 is 0 Å². The van der Waals surface area contributed by atoms with Gasteiger partial charge in [-0.15, -0.1) is 0 Å². The molecule has 2 aromatic carbocycles. The molecule has 1 aliphatic carbocycles. The van der Waals surface area contributed by atoms with E-state index in [1.165, 1.54) is 12.0 Å². The summed E-state index contributed by atoms with van der Waals surface area (Å²) in [4.78, 5) is 38.3. The van der Waals surface area contributed by atoms with Crippen LogP contribution >= 0.6 is 0 Å². The van der Waals surface area contributed by atoms with Crippen molar-refractivity contribution in [1.82, 2.24) is 10.2 Å². The maximum atomic E-state index is 12.8. The van der Waals surface area contributed by atoms with Crippen molar-refractivity contribution in [3.63, 3.8) is 0 Å². The maximum absolute atomic E-state index is 12.8. The lowest BCUT2D eigenvalue weighted by atomic mass is 9.98. The Labute approximate surface area is 198 Å². The van der Waals surface area contributed by atoms with E-state index in [0.717, 1.165) is 22.3 Å². The molecule has 8 heteroatoms. The number of carbonyl (C=O) groups excluding carboxylic acids is 2. The van der Waals surface area contributed by atoms with E-state index in [1.807, 2.05) is 31.2 Å². The normalized spacial score (nSPS) is 19.9. The number of nitrogens with one attached hydrogen (secondary N) is 1. The van der Waals surface area contributed by atoms with Gasteiger partial charge in [-0.05, 0) is 28.7 Å². The fourth-order valence-corrected chi connectivity index (χ4v) is 4.91. The van der Waals surface area contributed by atoms with Crippen molar-refractivity contribution in [2.24, 2.45) is 0 Å². The van der Waals surface area contributed by atoms with E-state index in [4.69, 9.17) is 9.47 Å². The summed E-state index contributed by atoms with van der Waals surface area (Å²) in [6.07, 6.45) is -0.127. The molecule has 2 N–H and O–H groups in total. The zero-order valence-corrected chi connectivity index (χ0v) is 19.4. The van der Waals surface area contributed by atoms with E-state index in [0.29, 0.717) is 6.42 Å². The van der Waals surface area contributed by atoms with Crippen LogP contribution in [0.5, 0.6) is 0 Å². The number of methoxy groups -OCH3 is 1. The van der Waals surface area contributed by atoms with Crippen molar-refractivity contribution < 1.29 is 29.0 Å². The largest absolute Gasteiger partial charge is 0.480 e. The molecule has 0 spiro atoms. The zero-order chi connectivity index (χ0) is 24.2. The van der Waals surface area contributed by atoms with Gasteiger partial charge in [0.25, 0.3) is 0 Å². The number of likely N-dealkylation sites (tertiary alicyclic amines) is 1. The molecular weight excluding hydrogens is 436 g/mol. The van der Waals surface area contributed by atoms with E-state index in [2.05, 4.69) is 29.6 Å². The van der Waals surface area contributed by atoms with Crippen LogP contribution in [-0.2, 0) is 19.1 Å². The number of amides is 2. The lowest BCUT2D eigenvalue weighted by Gasteiger charge is -2.24. The summed E-state index contributed by atoms with van der Waals surface area (Å²) in [5, 5.41) is 12.2. The highest BCUT2D eigenvalue weighted by Crippen LogP contribution is 2.44. The van der Waals surface area contributed by atoms with Crippen molar-refractivity contribution >= 4 is 18.0 Å². The van der Waals surface area contributed by atoms with Crippen LogP contribution < -0.4 is 5.32 Å². The standard InChI is InChI=1S/C26H30N2O6/c1-3-16(12-24(29)28-14-17(33-2)13-23(28)25(30)31)27-26(32)34-15-22-20-10-6-4-8-18(20)19-9-5-7-11-21(19)22/h4-11,16-17,22-23H,3,12-15H2,1-2H3,(H,27,32)(H,30,31)/t16-,17?,23?/m0/s1. The Morgan fingerprint density at radius 3 is 2.26 bits per heavy atom. The van der Waals surface area contributed by atoms with Crippen molar-refractivity contribution in [3.8, 4) is 11.1 Å². The summed E-state index contributed by atoms with van der Waals surface area (Å²) in [6, 6.07) is 14.8. The Kier molecular flexibility index (Phi) is 7.17. The molecule has 1 saturated heterocycles. The third-order valence-electron chi connectivity index (χ3n) is 6.78. The second-order valence-corrected chi connectivity index (χ2v) is 8.77. The third-order valence-corrected chi connectivity index (χ3v) is 6.78. The van der Waals surface area contributed by atoms with Gasteiger partial charge in [0.05, 0.1) is 6.10 Å². The lowest BCUT2D eigenvalue weighted by Crippen LogP contribution is -2.45. The zero-order valence-electron chi connectivity index (χ0n) is 19.4. The number of carboxylic acid groups (broad SMARTS) is 1. The number of aliphatic carboxylic acids is 1. The molecule has 1 fully saturated rings. The average Bonchev–Trinajstić information content (AvgIpc) is 3.42. The van der Waals surface area contributed by atoms with Crippen LogP contribution in [0.25, 0.3) is 11.1 Å². The average molecular weight is 467 g/mol. The smallest absolute Gasteiger partial charge is 0.407 e. The molecule has 4 rings (SSSR count). The molecular formula is C26H30N2O6. The van der Waals surface area contributed by atoms with Gasteiger partial charge in [-0.25, -0.2) is 9.59 Å². The van der Waals surface area contributed by atoms with Gasteiger partial charge in [0.15, 0.2) is 0 Å². The Hall–Kier alpha value is -3.39. The summed E-state index contributed by atoms with van der Waals surface area (Å²) >= 11 is 0. The number of carboxylic acids is 1. The van der Waals surface area contributed by atoms with Gasteiger partial charge in [-0.2, -0.15) is 0 Å². The molecule has 0 bridgehead atoms. The minimum absolute atomic E-state index is 0.000902. The molecule has 2 amide bonds. The highest BCUT2D eigenvalue weighted by Gasteiger charge is 2.40. The van der Waals surface area contributed by atoms with Crippen LogP contribution in [0.2, 0.25) is 0 Å². The monoisotopic (exact) mass is 466 g/mol. The summed E-state index contributed by atoms with van der Waals surface area (Å²) < 4.78 is 10.8. The van der Waals surface area contributed by atoms with Crippen LogP contribution in [0.1, 0.15) is 43.2 Å². The molecule has 34 heavy (non-hydrogen) atoms. The molecule has 1 heterocycles. The quantitative estimate of drug-likeness (QED) is 0.618. The fourth-order valence-electron chi connectivity index (χ4n) is 4.91. The molecule has 8 nitrogen and oxygen atoms in total. The SMILES string of the molecule is CC[C@@H](CC(=O)N1CC(OC)CC1C(=O)O)NC(=O)OCC1c2ccccc2-c2ccccc21. The number of carbonyl (C=O) groups is 3. The molecule has 3 atom stereocenters. The number of alkyl carbamates (subject to hydrolysis) is 1. The first-order chi connectivity index (χ1) is 16.4. The first-order valence-electron chi connectivity index (χ1n) is 11.6. The van der Waals surface area contributed by atoms with Crippen LogP contribution in [0.15, 0.2) is 48.5 Å². The van der Waals surface area contributed by atoms with Crippen LogP contribution in [0, 0.1) is 0 Å². The maximum Gasteiger partial charge on any atom is 0.407 e. The predicted molar refractivity (Wildman–Crippen MR) is 125 cm³/mol. The Bertz CT molecular complexity index is 1030. The van der Waals surface area contributed by atoms with Crippen molar-refractivity contribution in [3.05, 3.63) is 59.7 Å². The first kappa shape index (κ1) is 23.8. The number of rotatable bonds is 8. The minimum atomic E-state index is -1.05. The Balaban J connectivity index is 1.35. The number of hydrogen-bond acceptors (Lipinski definition) is 5. The van der Waals surface area contributed by atoms with Gasteiger partial charge < -0.3 is 24.8 Å². The highest BCUT2D eigenvalue weighted by molar-refractivity contribution is 5.85. The number of fused-ring (bicyclic) bond motifs is 3. The van der Waals surface area contributed by atoms with E-state index in [-0.39, 0.29) is 43.9 Å². The number of hydrogen-bond donors (Lipinski definition) is 2. The van der Waals surface area contributed by atoms with Gasteiger partial charge in [-0.3, -0.25) is 4.79 Å². The number of benzene rings is 2. The second-order valence-electron chi connectivity index (χ2n) is 8.77. The van der Waals surface area contributed by atoms with E-state index in [9.17, 15) is 19.5 Å². The highest BCUT2D eigenvalue weighted by atomic mass is 16.5. The summed E-state index contributed by atoms with van der Waals surface area (Å²) in [6.45, 7) is 2.28. The van der Waals surface area contributed by atoms with Crippen molar-refractivity contribution in [2.75, 3.05) is 20.3 Å². The summed E-state index contributed by atoms with van der Waals surface area (Å²) in [5.41, 5.74) is 4.55. The van der Waals surface area contributed by atoms with Crippen LogP contribution in [0.4, 0.5) is 4.79 Å². The number of ether oxygens (including phenoxy) is 2. The Morgan fingerprint density at radius 2 is 1.71 bits per heavy atom. The molecule has 0 radical (unpaired) electrons. The molecule has 2 unspecified atom stereocenters. The Morgan fingerprint density at radius 1 is 1.09 bits per heavy atom.